The first-order valence-electron chi connectivity index (χ1n) is 16.9. The van der Waals surface area contributed by atoms with Gasteiger partial charge < -0.3 is 0 Å². The van der Waals surface area contributed by atoms with Crippen LogP contribution in [0.25, 0.3) is 33.4 Å². The van der Waals surface area contributed by atoms with Gasteiger partial charge in [-0.15, -0.1) is 0 Å². The molecule has 0 N–H and O–H groups in total. The van der Waals surface area contributed by atoms with Gasteiger partial charge in [0.2, 0.25) is 0 Å². The molecule has 2 aliphatic carbocycles. The van der Waals surface area contributed by atoms with Crippen LogP contribution in [-0.2, 0) is 0 Å². The predicted octanol–water partition coefficient (Wildman–Crippen LogP) is 10.7. The second kappa shape index (κ2) is 11.7. The minimum absolute atomic E-state index is 0.211. The standard InChI is InChI=1S/C46H40Si/c1-31-15-13-16-32(2)44(31)35-25-27-40-41-28-26-36(45-33(3)17-14-18-34(45)4)30-43(41)46(42(40)29-35)47(39-23-11-12-24-39,37-19-7-5-8-20-37)38-21-9-6-10-22-38/h5-30,39,46H,1-4H3. The van der Waals surface area contributed by atoms with E-state index in [0.717, 1.165) is 0 Å². The van der Waals surface area contributed by atoms with Crippen LogP contribution in [0.4, 0.5) is 0 Å². The second-order valence-corrected chi connectivity index (χ2v) is 17.6. The van der Waals surface area contributed by atoms with Gasteiger partial charge in [-0.25, -0.2) is 0 Å². The van der Waals surface area contributed by atoms with Crippen molar-refractivity contribution in [3.8, 4) is 33.4 Å². The van der Waals surface area contributed by atoms with Gasteiger partial charge in [-0.3, -0.25) is 0 Å². The molecule has 2 aliphatic rings. The van der Waals surface area contributed by atoms with Gasteiger partial charge in [-0.05, 0) is 100.0 Å². The van der Waals surface area contributed by atoms with Crippen LogP contribution in [0.3, 0.4) is 0 Å². The first kappa shape index (κ1) is 29.4. The Balaban J connectivity index is 1.49. The van der Waals surface area contributed by atoms with Gasteiger partial charge in [-0.2, -0.15) is 0 Å². The van der Waals surface area contributed by atoms with E-state index >= 15 is 0 Å². The fourth-order valence-electron chi connectivity index (χ4n) is 8.84. The van der Waals surface area contributed by atoms with Gasteiger partial charge in [0.1, 0.15) is 8.07 Å². The lowest BCUT2D eigenvalue weighted by Crippen LogP contribution is -2.65. The molecular formula is C46H40Si. The van der Waals surface area contributed by atoms with Crippen LogP contribution in [0, 0.1) is 27.7 Å². The van der Waals surface area contributed by atoms with Crippen molar-refractivity contribution < 1.29 is 0 Å². The van der Waals surface area contributed by atoms with Crippen LogP contribution in [0.5, 0.6) is 0 Å². The van der Waals surface area contributed by atoms with Crippen LogP contribution >= 0.6 is 0 Å². The van der Waals surface area contributed by atoms with Crippen molar-refractivity contribution in [2.75, 3.05) is 0 Å². The Hall–Kier alpha value is -4.98. The summed E-state index contributed by atoms with van der Waals surface area (Å²) in [6.45, 7) is 9.00. The molecule has 0 saturated carbocycles. The van der Waals surface area contributed by atoms with Crippen molar-refractivity contribution in [2.24, 2.45) is 0 Å². The Kier molecular flexibility index (Phi) is 7.31. The third kappa shape index (κ3) is 4.64. The maximum absolute atomic E-state index is 2.66. The molecule has 0 nitrogen and oxygen atoms in total. The van der Waals surface area contributed by atoms with Crippen molar-refractivity contribution in [3.05, 3.63) is 191 Å². The number of aryl methyl sites for hydroxylation is 4. The van der Waals surface area contributed by atoms with E-state index in [2.05, 4.69) is 185 Å². The molecule has 47 heavy (non-hydrogen) atoms. The Morgan fingerprint density at radius 3 is 1.23 bits per heavy atom. The minimum Gasteiger partial charge on any atom is -0.0796 e. The van der Waals surface area contributed by atoms with Gasteiger partial charge in [0, 0.05) is 5.54 Å². The molecule has 0 atom stereocenters. The van der Waals surface area contributed by atoms with Crippen molar-refractivity contribution in [3.63, 3.8) is 0 Å². The Morgan fingerprint density at radius 1 is 0.426 bits per heavy atom. The van der Waals surface area contributed by atoms with Crippen LogP contribution < -0.4 is 10.4 Å². The maximum atomic E-state index is 2.56. The van der Waals surface area contributed by atoms with E-state index in [-0.39, 0.29) is 5.54 Å². The van der Waals surface area contributed by atoms with Crippen LogP contribution in [0.1, 0.15) is 38.9 Å². The molecule has 0 bridgehead atoms. The molecule has 1 heteroatoms. The van der Waals surface area contributed by atoms with Crippen molar-refractivity contribution in [1.82, 2.24) is 0 Å². The van der Waals surface area contributed by atoms with E-state index in [9.17, 15) is 0 Å². The fraction of sp³-hybridized carbons (Fsp3) is 0.130. The number of hydrogen-bond donors (Lipinski definition) is 0. The molecule has 6 aromatic carbocycles. The minimum atomic E-state index is -2.66. The number of fused-ring (bicyclic) bond motifs is 3. The summed E-state index contributed by atoms with van der Waals surface area (Å²) in [7, 11) is -2.66. The highest BCUT2D eigenvalue weighted by atomic mass is 28.3. The summed E-state index contributed by atoms with van der Waals surface area (Å²) in [4.78, 5) is 0. The molecule has 0 spiro atoms. The summed E-state index contributed by atoms with van der Waals surface area (Å²) in [6, 6.07) is 51.1. The van der Waals surface area contributed by atoms with Gasteiger partial charge in [0.05, 0.1) is 0 Å². The Bertz CT molecular complexity index is 1990. The summed E-state index contributed by atoms with van der Waals surface area (Å²) < 4.78 is 0. The normalized spacial score (nSPS) is 14.0. The molecule has 8 rings (SSSR count). The third-order valence-electron chi connectivity index (χ3n) is 10.8. The van der Waals surface area contributed by atoms with E-state index < -0.39 is 8.07 Å². The molecule has 0 radical (unpaired) electrons. The van der Waals surface area contributed by atoms with E-state index in [0.29, 0.717) is 5.54 Å². The lowest BCUT2D eigenvalue weighted by atomic mass is 9.92. The van der Waals surface area contributed by atoms with Gasteiger partial charge in [0.25, 0.3) is 0 Å². The van der Waals surface area contributed by atoms with Crippen LogP contribution in [0.2, 0.25) is 5.54 Å². The molecule has 0 heterocycles. The largest absolute Gasteiger partial charge is 0.139 e. The highest BCUT2D eigenvalue weighted by Gasteiger charge is 2.53. The average molecular weight is 621 g/mol. The zero-order chi connectivity index (χ0) is 32.1. The highest BCUT2D eigenvalue weighted by molar-refractivity contribution is 7.05. The molecule has 0 aliphatic heterocycles. The molecule has 0 amide bonds. The number of allylic oxidation sites excluding steroid dienone is 4. The zero-order valence-electron chi connectivity index (χ0n) is 27.7. The second-order valence-electron chi connectivity index (χ2n) is 13.5. The molecule has 6 aromatic rings. The SMILES string of the molecule is Cc1cccc(C)c1-c1ccc2c(c1)C([Si](c1ccccc1)(c1ccccc1)C1C=CC=C1)c1cc(-c3c(C)cccc3C)ccc1-2. The van der Waals surface area contributed by atoms with Gasteiger partial charge in [-0.1, -0.05) is 168 Å². The number of rotatable bonds is 6. The van der Waals surface area contributed by atoms with Gasteiger partial charge >= 0.3 is 0 Å². The fourth-order valence-corrected chi connectivity index (χ4v) is 14.8. The summed E-state index contributed by atoms with van der Waals surface area (Å²) >= 11 is 0. The predicted molar refractivity (Wildman–Crippen MR) is 203 cm³/mol. The lowest BCUT2D eigenvalue weighted by molar-refractivity contribution is 1.09. The van der Waals surface area contributed by atoms with Crippen molar-refractivity contribution in [1.29, 1.82) is 0 Å². The average Bonchev–Trinajstić information content (AvgIpc) is 3.74. The van der Waals surface area contributed by atoms with Crippen LogP contribution in [-0.4, -0.2) is 8.07 Å². The lowest BCUT2D eigenvalue weighted by Gasteiger charge is -2.43. The van der Waals surface area contributed by atoms with Crippen molar-refractivity contribution >= 4 is 18.4 Å². The Morgan fingerprint density at radius 2 is 0.830 bits per heavy atom. The quantitative estimate of drug-likeness (QED) is 0.163. The zero-order valence-corrected chi connectivity index (χ0v) is 28.7. The summed E-state index contributed by atoms with van der Waals surface area (Å²) in [6.07, 6.45) is 9.51. The van der Waals surface area contributed by atoms with E-state index in [1.807, 2.05) is 0 Å². The molecular weight excluding hydrogens is 581 g/mol. The van der Waals surface area contributed by atoms with Crippen LogP contribution in [0.15, 0.2) is 158 Å². The summed E-state index contributed by atoms with van der Waals surface area (Å²) in [5.41, 5.74) is 16.8. The molecule has 0 aromatic heterocycles. The van der Waals surface area contributed by atoms with Crippen molar-refractivity contribution in [2.45, 2.75) is 38.8 Å². The Labute approximate surface area is 280 Å². The molecule has 228 valence electrons. The molecule has 0 unspecified atom stereocenters. The summed E-state index contributed by atoms with van der Waals surface area (Å²) in [5.74, 6) is 0. The number of benzene rings is 6. The highest BCUT2D eigenvalue weighted by Crippen LogP contribution is 2.54. The summed E-state index contributed by atoms with van der Waals surface area (Å²) in [5, 5.41) is 2.96. The number of hydrogen-bond acceptors (Lipinski definition) is 0. The van der Waals surface area contributed by atoms with E-state index in [1.54, 1.807) is 0 Å². The molecule has 0 fully saturated rings. The first-order valence-corrected chi connectivity index (χ1v) is 19.0. The topological polar surface area (TPSA) is 0 Å². The molecule has 0 saturated heterocycles. The smallest absolute Gasteiger partial charge is 0.0796 e. The van der Waals surface area contributed by atoms with Gasteiger partial charge in [0.15, 0.2) is 0 Å². The maximum Gasteiger partial charge on any atom is 0.139 e. The monoisotopic (exact) mass is 620 g/mol. The van der Waals surface area contributed by atoms with E-state index in [1.165, 1.54) is 77.1 Å². The third-order valence-corrected chi connectivity index (χ3v) is 16.3. The van der Waals surface area contributed by atoms with E-state index in [4.69, 9.17) is 0 Å². The first-order chi connectivity index (χ1) is 23.0.